The zero-order valence-electron chi connectivity index (χ0n) is 27.1. The minimum absolute atomic E-state index is 0.631. The van der Waals surface area contributed by atoms with Crippen molar-refractivity contribution in [1.82, 2.24) is 0 Å². The van der Waals surface area contributed by atoms with E-state index in [1.807, 2.05) is 5.19 Å². The van der Waals surface area contributed by atoms with Crippen molar-refractivity contribution in [2.75, 3.05) is 0 Å². The number of aryl methyl sites for hydroxylation is 3. The van der Waals surface area contributed by atoms with E-state index in [0.717, 1.165) is 8.57 Å². The van der Waals surface area contributed by atoms with E-state index in [1.54, 1.807) is 24.0 Å². The van der Waals surface area contributed by atoms with Gasteiger partial charge >= 0.3 is 0 Å². The molecule has 0 amide bonds. The lowest BCUT2D eigenvalue weighted by atomic mass is 10.1. The maximum absolute atomic E-state index is 2.82. The number of hydrogen-bond acceptors (Lipinski definition) is 0. The molecule has 1 aliphatic rings. The molecule has 0 nitrogen and oxygen atoms in total. The standard InChI is InChI=1S/C28H60Si7/c1-23-21-24(2)26(25(3)22-23)29(35(16,17)18)30-27(31(4,5)6,32(7,8)9)19-20-28(30,33(10,11)12)34(13,14)15/h21-22H,19-20H2,1-18H3. The smallest absolute Gasteiger partial charge is 0.0559 e. The van der Waals surface area contributed by atoms with Gasteiger partial charge in [-0.2, -0.15) is 0 Å². The van der Waals surface area contributed by atoms with Crippen LogP contribution in [0.4, 0.5) is 0 Å². The van der Waals surface area contributed by atoms with Gasteiger partial charge in [0.05, 0.1) is 7.59 Å². The quantitative estimate of drug-likeness (QED) is 0.289. The normalized spacial score (nSPS) is 19.3. The van der Waals surface area contributed by atoms with Gasteiger partial charge in [0.2, 0.25) is 0 Å². The molecule has 0 spiro atoms. The summed E-state index contributed by atoms with van der Waals surface area (Å²) in [5.74, 6) is 0. The summed E-state index contributed by atoms with van der Waals surface area (Å²) >= 11 is 0. The van der Waals surface area contributed by atoms with E-state index < -0.39 is 55.2 Å². The molecule has 35 heavy (non-hydrogen) atoms. The van der Waals surface area contributed by atoms with E-state index in [-0.39, 0.29) is 0 Å². The second-order valence-electron chi connectivity index (χ2n) is 17.1. The highest BCUT2D eigenvalue weighted by atomic mass is 29.4. The average molecular weight is 593 g/mol. The third kappa shape index (κ3) is 5.06. The zero-order chi connectivity index (χ0) is 27.8. The van der Waals surface area contributed by atoms with Crippen LogP contribution in [0.1, 0.15) is 29.5 Å². The van der Waals surface area contributed by atoms with Gasteiger partial charge in [-0.3, -0.25) is 0 Å². The fraction of sp³-hybridized carbons (Fsp3) is 0.786. The molecule has 0 radical (unpaired) electrons. The van der Waals surface area contributed by atoms with Gasteiger partial charge in [-0.25, -0.2) is 0 Å². The second-order valence-corrected chi connectivity index (χ2v) is 60.2. The minimum Gasteiger partial charge on any atom is -0.0694 e. The van der Waals surface area contributed by atoms with E-state index in [0.29, 0.717) is 0 Å². The van der Waals surface area contributed by atoms with Crippen LogP contribution in [0.15, 0.2) is 12.1 Å². The van der Waals surface area contributed by atoms with Crippen molar-refractivity contribution in [1.29, 1.82) is 0 Å². The number of hydrogen-bond donors (Lipinski definition) is 0. The van der Waals surface area contributed by atoms with Crippen LogP contribution in [0.25, 0.3) is 0 Å². The predicted octanol–water partition coefficient (Wildman–Crippen LogP) is 9.09. The molecule has 1 aliphatic heterocycles. The molecule has 1 aromatic rings. The first-order valence-electron chi connectivity index (χ1n) is 14.1. The van der Waals surface area contributed by atoms with Crippen LogP contribution >= 0.6 is 0 Å². The van der Waals surface area contributed by atoms with E-state index in [2.05, 4.69) is 131 Å². The van der Waals surface area contributed by atoms with Gasteiger partial charge in [0.1, 0.15) is 0 Å². The molecular weight excluding hydrogens is 533 g/mol. The Morgan fingerprint density at radius 1 is 0.571 bits per heavy atom. The average Bonchev–Trinajstić information content (AvgIpc) is 2.93. The molecule has 2 rings (SSSR count). The van der Waals surface area contributed by atoms with E-state index in [1.165, 1.54) is 5.56 Å². The first-order chi connectivity index (χ1) is 15.3. The lowest BCUT2D eigenvalue weighted by molar-refractivity contribution is 0.763. The molecule has 1 heterocycles. The van der Waals surface area contributed by atoms with Crippen molar-refractivity contribution in [3.8, 4) is 0 Å². The van der Waals surface area contributed by atoms with E-state index >= 15 is 0 Å². The molecule has 0 saturated carbocycles. The SMILES string of the molecule is Cc1cc(C)c([Si](=[Si]2C([Si](C)(C)C)([Si](C)(C)C)CCC2([Si](C)(C)C)[Si](C)(C)C)[Si](C)(C)C)c(C)c1. The molecule has 1 aromatic carbocycles. The molecule has 0 aliphatic carbocycles. The highest BCUT2D eigenvalue weighted by molar-refractivity contribution is 7.49. The highest BCUT2D eigenvalue weighted by Gasteiger charge is 2.70. The van der Waals surface area contributed by atoms with Crippen LogP contribution in [-0.4, -0.2) is 55.2 Å². The maximum Gasteiger partial charge on any atom is 0.0559 e. The Morgan fingerprint density at radius 2 is 0.857 bits per heavy atom. The lowest BCUT2D eigenvalue weighted by Gasteiger charge is -2.59. The molecule has 0 aromatic heterocycles. The Bertz CT molecular complexity index is 907. The Kier molecular flexibility index (Phi) is 8.61. The molecule has 7 heteroatoms. The van der Waals surface area contributed by atoms with Crippen molar-refractivity contribution < 1.29 is 0 Å². The highest BCUT2D eigenvalue weighted by Crippen LogP contribution is 2.69. The molecule has 0 N–H and O–H groups in total. The van der Waals surface area contributed by atoms with Gasteiger partial charge in [-0.05, 0) is 53.5 Å². The topological polar surface area (TPSA) is 0 Å². The van der Waals surface area contributed by atoms with Gasteiger partial charge in [-0.15, -0.1) is 0 Å². The van der Waals surface area contributed by atoms with Gasteiger partial charge in [0.25, 0.3) is 0 Å². The van der Waals surface area contributed by atoms with Crippen LogP contribution in [0.2, 0.25) is 107 Å². The zero-order valence-corrected chi connectivity index (χ0v) is 34.1. The Balaban J connectivity index is 3.47. The monoisotopic (exact) mass is 592 g/mol. The van der Waals surface area contributed by atoms with E-state index in [9.17, 15) is 0 Å². The number of benzene rings is 1. The fourth-order valence-corrected chi connectivity index (χ4v) is 95.7. The van der Waals surface area contributed by atoms with E-state index in [4.69, 9.17) is 0 Å². The molecule has 0 unspecified atom stereocenters. The summed E-state index contributed by atoms with van der Waals surface area (Å²) in [4.78, 5) is 0. The van der Waals surface area contributed by atoms with Crippen LogP contribution < -0.4 is 5.19 Å². The second kappa shape index (κ2) is 9.43. The van der Waals surface area contributed by atoms with Crippen molar-refractivity contribution >= 4 is 60.4 Å². The Morgan fingerprint density at radius 3 is 1.09 bits per heavy atom. The third-order valence-electron chi connectivity index (χ3n) is 9.78. The van der Waals surface area contributed by atoms with Crippen LogP contribution in [0.3, 0.4) is 0 Å². The van der Waals surface area contributed by atoms with Crippen LogP contribution in [0.5, 0.6) is 0 Å². The summed E-state index contributed by atoms with van der Waals surface area (Å²) < 4.78 is 1.45. The summed E-state index contributed by atoms with van der Waals surface area (Å²) in [6.45, 7) is 49.5. The Hall–Kier alpha value is 0.738. The lowest BCUT2D eigenvalue weighted by Crippen LogP contribution is -2.71. The molecule has 1 saturated heterocycles. The number of rotatable bonds is 6. The van der Waals surface area contributed by atoms with Crippen LogP contribution in [0, 0.1) is 20.8 Å². The van der Waals surface area contributed by atoms with Crippen LogP contribution in [-0.2, 0) is 0 Å². The van der Waals surface area contributed by atoms with Gasteiger partial charge in [0, 0.05) is 39.7 Å². The maximum atomic E-state index is 2.82. The third-order valence-corrected chi connectivity index (χ3v) is 69.6. The Labute approximate surface area is 228 Å². The summed E-state index contributed by atoms with van der Waals surface area (Å²) in [5.41, 5.74) is 4.78. The molecule has 1 fully saturated rings. The molecule has 200 valence electrons. The van der Waals surface area contributed by atoms with Gasteiger partial charge in [-0.1, -0.05) is 129 Å². The summed E-state index contributed by atoms with van der Waals surface area (Å²) in [6.07, 6.45) is 3.17. The summed E-state index contributed by atoms with van der Waals surface area (Å²) in [5, 5.41) is 1.93. The largest absolute Gasteiger partial charge is 0.0694 e. The minimum atomic E-state index is -1.44. The predicted molar refractivity (Wildman–Crippen MR) is 183 cm³/mol. The summed E-state index contributed by atoms with van der Waals surface area (Å²) in [7, 11) is -8.48. The molecular formula is C28H60Si7. The van der Waals surface area contributed by atoms with Gasteiger partial charge < -0.3 is 0 Å². The van der Waals surface area contributed by atoms with Gasteiger partial charge in [0.15, 0.2) is 0 Å². The molecule has 0 bridgehead atoms. The first-order valence-corrected chi connectivity index (χ1v) is 36.6. The van der Waals surface area contributed by atoms with Crippen molar-refractivity contribution in [3.05, 3.63) is 28.8 Å². The first kappa shape index (κ1) is 32.0. The van der Waals surface area contributed by atoms with Crippen molar-refractivity contribution in [3.63, 3.8) is 0 Å². The summed E-state index contributed by atoms with van der Waals surface area (Å²) in [6, 6.07) is 5.11. The van der Waals surface area contributed by atoms with Crippen molar-refractivity contribution in [2.45, 2.75) is 140 Å². The van der Waals surface area contributed by atoms with Crippen molar-refractivity contribution in [2.24, 2.45) is 0 Å². The fourth-order valence-electron chi connectivity index (χ4n) is 9.12. The molecule has 0 atom stereocenters.